The van der Waals surface area contributed by atoms with E-state index in [9.17, 15) is 22.8 Å². The number of amides is 2. The zero-order valence-electron chi connectivity index (χ0n) is 16.5. The summed E-state index contributed by atoms with van der Waals surface area (Å²) < 4.78 is 49.3. The SMILES string of the molecule is C[C@H](C(=O)Nc1ccc2c(c1)OCO2)N(C)CC(=O)Nc1ccc(Cl)c(C(F)(F)F)c1. The van der Waals surface area contributed by atoms with Crippen molar-refractivity contribution in [2.45, 2.75) is 19.1 Å². The molecular weight excluding hydrogens is 439 g/mol. The van der Waals surface area contributed by atoms with E-state index >= 15 is 0 Å². The number of anilines is 2. The predicted molar refractivity (Wildman–Crippen MR) is 108 cm³/mol. The lowest BCUT2D eigenvalue weighted by Gasteiger charge is -2.23. The molecule has 2 aromatic rings. The number of rotatable bonds is 6. The summed E-state index contributed by atoms with van der Waals surface area (Å²) in [5, 5.41) is 4.64. The Bertz CT molecular complexity index is 1000. The molecule has 0 aromatic heterocycles. The highest BCUT2D eigenvalue weighted by Crippen LogP contribution is 2.36. The molecule has 0 saturated carbocycles. The summed E-state index contributed by atoms with van der Waals surface area (Å²) in [4.78, 5) is 26.2. The largest absolute Gasteiger partial charge is 0.454 e. The number of nitrogens with zero attached hydrogens (tertiary/aromatic N) is 1. The van der Waals surface area contributed by atoms with Crippen molar-refractivity contribution in [3.05, 3.63) is 47.0 Å². The summed E-state index contributed by atoms with van der Waals surface area (Å²) in [6.07, 6.45) is -4.64. The lowest BCUT2D eigenvalue weighted by molar-refractivity contribution is -0.137. The van der Waals surface area contributed by atoms with Gasteiger partial charge < -0.3 is 20.1 Å². The Morgan fingerprint density at radius 3 is 2.45 bits per heavy atom. The quantitative estimate of drug-likeness (QED) is 0.686. The third-order valence-electron chi connectivity index (χ3n) is 4.63. The average molecular weight is 458 g/mol. The van der Waals surface area contributed by atoms with Crippen LogP contribution in [0.4, 0.5) is 24.5 Å². The first-order valence-corrected chi connectivity index (χ1v) is 9.50. The highest BCUT2D eigenvalue weighted by atomic mass is 35.5. The van der Waals surface area contributed by atoms with Crippen LogP contribution in [-0.2, 0) is 15.8 Å². The molecule has 3 rings (SSSR count). The molecule has 2 aromatic carbocycles. The zero-order valence-corrected chi connectivity index (χ0v) is 17.3. The van der Waals surface area contributed by atoms with Gasteiger partial charge in [-0.05, 0) is 44.3 Å². The van der Waals surface area contributed by atoms with Crippen LogP contribution in [0.25, 0.3) is 0 Å². The number of halogens is 4. The molecular formula is C20H19ClF3N3O4. The van der Waals surface area contributed by atoms with Gasteiger partial charge in [-0.1, -0.05) is 11.6 Å². The summed E-state index contributed by atoms with van der Waals surface area (Å²) in [6.45, 7) is 1.48. The molecule has 11 heteroatoms. The number of ether oxygens (including phenoxy) is 2. The van der Waals surface area contributed by atoms with E-state index in [4.69, 9.17) is 21.1 Å². The molecule has 0 saturated heterocycles. The Morgan fingerprint density at radius 1 is 1.10 bits per heavy atom. The maximum atomic E-state index is 13.0. The summed E-state index contributed by atoms with van der Waals surface area (Å²) in [5.74, 6) is 0.135. The number of nitrogens with one attached hydrogen (secondary N) is 2. The number of hydrogen-bond donors (Lipinski definition) is 2. The lowest BCUT2D eigenvalue weighted by Crippen LogP contribution is -2.43. The second-order valence-corrected chi connectivity index (χ2v) is 7.30. The normalized spacial score (nSPS) is 13.8. The molecule has 0 radical (unpaired) electrons. The van der Waals surface area contributed by atoms with Gasteiger partial charge in [0, 0.05) is 17.4 Å². The second kappa shape index (κ2) is 9.03. The number of carbonyl (C=O) groups excluding carboxylic acids is 2. The van der Waals surface area contributed by atoms with Crippen molar-refractivity contribution in [2.24, 2.45) is 0 Å². The molecule has 0 unspecified atom stereocenters. The van der Waals surface area contributed by atoms with E-state index in [0.717, 1.165) is 12.1 Å². The third kappa shape index (κ3) is 5.59. The van der Waals surface area contributed by atoms with E-state index in [1.54, 1.807) is 32.2 Å². The van der Waals surface area contributed by atoms with Crippen LogP contribution in [0.1, 0.15) is 12.5 Å². The van der Waals surface area contributed by atoms with Crippen LogP contribution in [0.15, 0.2) is 36.4 Å². The zero-order chi connectivity index (χ0) is 22.8. The molecule has 0 bridgehead atoms. The highest BCUT2D eigenvalue weighted by Gasteiger charge is 2.33. The molecule has 1 aliphatic heterocycles. The van der Waals surface area contributed by atoms with Crippen molar-refractivity contribution in [3.8, 4) is 11.5 Å². The van der Waals surface area contributed by atoms with Gasteiger partial charge in [-0.15, -0.1) is 0 Å². The van der Waals surface area contributed by atoms with Crippen molar-refractivity contribution >= 4 is 34.8 Å². The second-order valence-electron chi connectivity index (χ2n) is 6.89. The first-order chi connectivity index (χ1) is 14.5. The van der Waals surface area contributed by atoms with Crippen LogP contribution in [0.3, 0.4) is 0 Å². The fraction of sp³-hybridized carbons (Fsp3) is 0.300. The smallest absolute Gasteiger partial charge is 0.417 e. The number of alkyl halides is 3. The Labute approximate surface area is 181 Å². The topological polar surface area (TPSA) is 79.9 Å². The molecule has 0 aliphatic carbocycles. The lowest BCUT2D eigenvalue weighted by atomic mass is 10.2. The minimum absolute atomic E-state index is 0.0485. The molecule has 1 aliphatic rings. The van der Waals surface area contributed by atoms with Crippen molar-refractivity contribution in [1.82, 2.24) is 4.90 Å². The number of carbonyl (C=O) groups is 2. The summed E-state index contributed by atoms with van der Waals surface area (Å²) in [7, 11) is 1.55. The Hall–Kier alpha value is -2.98. The minimum Gasteiger partial charge on any atom is -0.454 e. The van der Waals surface area contributed by atoms with Gasteiger partial charge in [0.2, 0.25) is 18.6 Å². The predicted octanol–water partition coefficient (Wildman–Crippen LogP) is 3.99. The van der Waals surface area contributed by atoms with Gasteiger partial charge in [-0.2, -0.15) is 13.2 Å². The van der Waals surface area contributed by atoms with Gasteiger partial charge in [0.25, 0.3) is 0 Å². The summed E-state index contributed by atoms with van der Waals surface area (Å²) >= 11 is 5.58. The van der Waals surface area contributed by atoms with E-state index in [1.165, 1.54) is 11.0 Å². The fourth-order valence-electron chi connectivity index (χ4n) is 2.81. The molecule has 166 valence electrons. The molecule has 0 fully saturated rings. The monoisotopic (exact) mass is 457 g/mol. The van der Waals surface area contributed by atoms with Gasteiger partial charge in [-0.3, -0.25) is 14.5 Å². The van der Waals surface area contributed by atoms with Crippen molar-refractivity contribution in [2.75, 3.05) is 31.0 Å². The van der Waals surface area contributed by atoms with E-state index in [-0.39, 0.29) is 24.9 Å². The van der Waals surface area contributed by atoms with Crippen molar-refractivity contribution < 1.29 is 32.2 Å². The van der Waals surface area contributed by atoms with Crippen LogP contribution in [0.2, 0.25) is 5.02 Å². The Balaban J connectivity index is 1.57. The van der Waals surface area contributed by atoms with Gasteiger partial charge in [0.1, 0.15) is 0 Å². The Kier molecular flexibility index (Phi) is 6.61. The van der Waals surface area contributed by atoms with Crippen LogP contribution < -0.4 is 20.1 Å². The van der Waals surface area contributed by atoms with Gasteiger partial charge >= 0.3 is 6.18 Å². The van der Waals surface area contributed by atoms with Gasteiger partial charge in [0.05, 0.1) is 23.2 Å². The standard InChI is InChI=1S/C20H19ClF3N3O4/c1-11(19(29)26-13-4-6-16-17(8-13)31-10-30-16)27(2)9-18(28)25-12-3-5-15(21)14(7-12)20(22,23)24/h3-8,11H,9-10H2,1-2H3,(H,25,28)(H,26,29)/t11-/m1/s1. The summed E-state index contributed by atoms with van der Waals surface area (Å²) in [5.41, 5.74) is -0.593. The van der Waals surface area contributed by atoms with E-state index in [0.29, 0.717) is 17.2 Å². The molecule has 31 heavy (non-hydrogen) atoms. The Morgan fingerprint density at radius 2 is 1.74 bits per heavy atom. The fourth-order valence-corrected chi connectivity index (χ4v) is 3.03. The number of hydrogen-bond acceptors (Lipinski definition) is 5. The highest BCUT2D eigenvalue weighted by molar-refractivity contribution is 6.31. The minimum atomic E-state index is -4.64. The number of fused-ring (bicyclic) bond motifs is 1. The number of benzene rings is 2. The molecule has 1 heterocycles. The van der Waals surface area contributed by atoms with E-state index in [1.807, 2.05) is 0 Å². The molecule has 2 N–H and O–H groups in total. The third-order valence-corrected chi connectivity index (χ3v) is 4.96. The average Bonchev–Trinajstić information content (AvgIpc) is 3.15. The van der Waals surface area contributed by atoms with E-state index in [2.05, 4.69) is 10.6 Å². The van der Waals surface area contributed by atoms with Crippen molar-refractivity contribution in [3.63, 3.8) is 0 Å². The maximum Gasteiger partial charge on any atom is 0.417 e. The van der Waals surface area contributed by atoms with Gasteiger partial charge in [0.15, 0.2) is 11.5 Å². The van der Waals surface area contributed by atoms with Crippen LogP contribution >= 0.6 is 11.6 Å². The van der Waals surface area contributed by atoms with Gasteiger partial charge in [-0.25, -0.2) is 0 Å². The first kappa shape index (κ1) is 22.7. The van der Waals surface area contributed by atoms with Crippen LogP contribution in [0, 0.1) is 0 Å². The molecule has 1 atom stereocenters. The molecule has 0 spiro atoms. The summed E-state index contributed by atoms with van der Waals surface area (Å²) in [6, 6.07) is 7.34. The van der Waals surface area contributed by atoms with Crippen molar-refractivity contribution in [1.29, 1.82) is 0 Å². The van der Waals surface area contributed by atoms with Crippen LogP contribution in [-0.4, -0.2) is 43.1 Å². The number of likely N-dealkylation sites (N-methyl/N-ethyl adjacent to an activating group) is 1. The van der Waals surface area contributed by atoms with E-state index < -0.39 is 28.7 Å². The first-order valence-electron chi connectivity index (χ1n) is 9.12. The molecule has 2 amide bonds. The maximum absolute atomic E-state index is 13.0. The molecule has 7 nitrogen and oxygen atoms in total. The van der Waals surface area contributed by atoms with Crippen LogP contribution in [0.5, 0.6) is 11.5 Å².